The molecule has 1 aromatic carbocycles. The molecule has 0 aliphatic heterocycles. The number of anilines is 2. The van der Waals surface area contributed by atoms with Crippen molar-refractivity contribution in [2.75, 3.05) is 5.32 Å². The maximum absolute atomic E-state index is 4.35. The SMILES string of the molecule is CCCCn1ccnc1Nc1cccc(C)c1. The van der Waals surface area contributed by atoms with Crippen LogP contribution < -0.4 is 5.32 Å². The van der Waals surface area contributed by atoms with Gasteiger partial charge in [0.05, 0.1) is 0 Å². The van der Waals surface area contributed by atoms with E-state index in [-0.39, 0.29) is 0 Å². The van der Waals surface area contributed by atoms with Gasteiger partial charge in [0.25, 0.3) is 0 Å². The molecule has 3 heteroatoms. The van der Waals surface area contributed by atoms with Crippen LogP contribution in [0.3, 0.4) is 0 Å². The lowest BCUT2D eigenvalue weighted by Gasteiger charge is -2.09. The van der Waals surface area contributed by atoms with Gasteiger partial charge < -0.3 is 9.88 Å². The molecule has 0 atom stereocenters. The van der Waals surface area contributed by atoms with Gasteiger partial charge in [0.15, 0.2) is 0 Å². The molecule has 1 heterocycles. The number of hydrogen-bond acceptors (Lipinski definition) is 2. The summed E-state index contributed by atoms with van der Waals surface area (Å²) in [5.74, 6) is 0.920. The molecule has 1 aromatic heterocycles. The number of aryl methyl sites for hydroxylation is 2. The van der Waals surface area contributed by atoms with Crippen LogP contribution in [0.1, 0.15) is 25.3 Å². The predicted molar refractivity (Wildman–Crippen MR) is 71.6 cm³/mol. The molecule has 0 aliphatic rings. The Morgan fingerprint density at radius 1 is 1.35 bits per heavy atom. The van der Waals surface area contributed by atoms with Crippen molar-refractivity contribution in [2.24, 2.45) is 0 Å². The van der Waals surface area contributed by atoms with Gasteiger partial charge in [-0.05, 0) is 31.0 Å². The molecule has 3 nitrogen and oxygen atoms in total. The molecule has 0 unspecified atom stereocenters. The number of unbranched alkanes of at least 4 members (excludes halogenated alkanes) is 1. The largest absolute Gasteiger partial charge is 0.326 e. The molecule has 0 fully saturated rings. The second-order valence-electron chi connectivity index (χ2n) is 4.29. The normalized spacial score (nSPS) is 10.5. The minimum atomic E-state index is 0.920. The lowest BCUT2D eigenvalue weighted by Crippen LogP contribution is -2.03. The average molecular weight is 229 g/mol. The summed E-state index contributed by atoms with van der Waals surface area (Å²) in [5, 5.41) is 3.35. The molecular formula is C14H19N3. The monoisotopic (exact) mass is 229 g/mol. The highest BCUT2D eigenvalue weighted by molar-refractivity contribution is 5.54. The lowest BCUT2D eigenvalue weighted by molar-refractivity contribution is 0.638. The summed E-state index contributed by atoms with van der Waals surface area (Å²) in [6, 6.07) is 8.33. The van der Waals surface area contributed by atoms with Gasteiger partial charge >= 0.3 is 0 Å². The van der Waals surface area contributed by atoms with E-state index in [0.29, 0.717) is 0 Å². The summed E-state index contributed by atoms with van der Waals surface area (Å²) in [4.78, 5) is 4.35. The second-order valence-corrected chi connectivity index (χ2v) is 4.29. The van der Waals surface area contributed by atoms with E-state index in [2.05, 4.69) is 53.0 Å². The Labute approximate surface area is 103 Å². The molecule has 17 heavy (non-hydrogen) atoms. The number of nitrogens with zero attached hydrogens (tertiary/aromatic N) is 2. The first-order valence-electron chi connectivity index (χ1n) is 6.14. The van der Waals surface area contributed by atoms with Crippen LogP contribution in [0.2, 0.25) is 0 Å². The van der Waals surface area contributed by atoms with Crippen molar-refractivity contribution in [3.63, 3.8) is 0 Å². The van der Waals surface area contributed by atoms with E-state index in [1.54, 1.807) is 0 Å². The summed E-state index contributed by atoms with van der Waals surface area (Å²) in [5.41, 5.74) is 2.34. The molecule has 2 aromatic rings. The van der Waals surface area contributed by atoms with Crippen molar-refractivity contribution in [3.05, 3.63) is 42.2 Å². The third kappa shape index (κ3) is 3.09. The fourth-order valence-electron chi connectivity index (χ4n) is 1.79. The van der Waals surface area contributed by atoms with Gasteiger partial charge in [0.1, 0.15) is 0 Å². The minimum Gasteiger partial charge on any atom is -0.326 e. The van der Waals surface area contributed by atoms with Crippen molar-refractivity contribution in [3.8, 4) is 0 Å². The molecule has 0 radical (unpaired) electrons. The Kier molecular flexibility index (Phi) is 3.81. The van der Waals surface area contributed by atoms with Crippen molar-refractivity contribution in [2.45, 2.75) is 33.2 Å². The van der Waals surface area contributed by atoms with Crippen LogP contribution in [-0.2, 0) is 6.54 Å². The van der Waals surface area contributed by atoms with Crippen molar-refractivity contribution in [1.29, 1.82) is 0 Å². The minimum absolute atomic E-state index is 0.920. The Balaban J connectivity index is 2.10. The highest BCUT2D eigenvalue weighted by atomic mass is 15.2. The molecule has 0 saturated carbocycles. The predicted octanol–water partition coefficient (Wildman–Crippen LogP) is 3.74. The van der Waals surface area contributed by atoms with E-state index in [9.17, 15) is 0 Å². The van der Waals surface area contributed by atoms with Gasteiger partial charge in [-0.3, -0.25) is 0 Å². The first-order valence-corrected chi connectivity index (χ1v) is 6.14. The van der Waals surface area contributed by atoms with E-state index >= 15 is 0 Å². The van der Waals surface area contributed by atoms with Crippen molar-refractivity contribution >= 4 is 11.6 Å². The highest BCUT2D eigenvalue weighted by Gasteiger charge is 2.02. The lowest BCUT2D eigenvalue weighted by atomic mass is 10.2. The van der Waals surface area contributed by atoms with Crippen LogP contribution in [0, 0.1) is 6.92 Å². The van der Waals surface area contributed by atoms with E-state index in [1.807, 2.05) is 12.4 Å². The van der Waals surface area contributed by atoms with Crippen LogP contribution in [-0.4, -0.2) is 9.55 Å². The maximum Gasteiger partial charge on any atom is 0.207 e. The van der Waals surface area contributed by atoms with Gasteiger partial charge in [-0.25, -0.2) is 4.98 Å². The van der Waals surface area contributed by atoms with Gasteiger partial charge in [0.2, 0.25) is 5.95 Å². The van der Waals surface area contributed by atoms with Crippen molar-refractivity contribution < 1.29 is 0 Å². The summed E-state index contributed by atoms with van der Waals surface area (Å²) < 4.78 is 2.16. The zero-order chi connectivity index (χ0) is 12.1. The van der Waals surface area contributed by atoms with Gasteiger partial charge in [-0.15, -0.1) is 0 Å². The van der Waals surface area contributed by atoms with Crippen molar-refractivity contribution in [1.82, 2.24) is 9.55 Å². The van der Waals surface area contributed by atoms with E-state index in [1.165, 1.54) is 18.4 Å². The molecule has 0 spiro atoms. The maximum atomic E-state index is 4.35. The highest BCUT2D eigenvalue weighted by Crippen LogP contribution is 2.16. The first-order chi connectivity index (χ1) is 8.29. The molecule has 1 N–H and O–H groups in total. The first kappa shape index (κ1) is 11.7. The molecule has 0 saturated heterocycles. The van der Waals surface area contributed by atoms with Crippen LogP contribution in [0.4, 0.5) is 11.6 Å². The second kappa shape index (κ2) is 5.53. The standard InChI is InChI=1S/C14H19N3/c1-3-4-9-17-10-8-15-14(17)16-13-7-5-6-12(2)11-13/h5-8,10-11H,3-4,9H2,1-2H3,(H,15,16). The molecular weight excluding hydrogens is 210 g/mol. The van der Waals surface area contributed by atoms with Gasteiger partial charge in [-0.1, -0.05) is 25.5 Å². The number of aromatic nitrogens is 2. The summed E-state index contributed by atoms with van der Waals surface area (Å²) >= 11 is 0. The van der Waals surface area contributed by atoms with Gasteiger partial charge in [0, 0.05) is 24.6 Å². The Hall–Kier alpha value is -1.77. The van der Waals surface area contributed by atoms with Crippen LogP contribution >= 0.6 is 0 Å². The third-order valence-electron chi connectivity index (χ3n) is 2.74. The number of imidazole rings is 1. The van der Waals surface area contributed by atoms with Gasteiger partial charge in [-0.2, -0.15) is 0 Å². The Morgan fingerprint density at radius 2 is 2.24 bits per heavy atom. The fraction of sp³-hybridized carbons (Fsp3) is 0.357. The number of nitrogens with one attached hydrogen (secondary N) is 1. The molecule has 0 bridgehead atoms. The number of hydrogen-bond donors (Lipinski definition) is 1. The third-order valence-corrected chi connectivity index (χ3v) is 2.74. The zero-order valence-corrected chi connectivity index (χ0v) is 10.5. The summed E-state index contributed by atoms with van der Waals surface area (Å²) in [7, 11) is 0. The molecule has 90 valence electrons. The van der Waals surface area contributed by atoms with Crippen LogP contribution in [0.15, 0.2) is 36.7 Å². The molecule has 0 amide bonds. The Morgan fingerprint density at radius 3 is 3.00 bits per heavy atom. The number of rotatable bonds is 5. The Bertz CT molecular complexity index is 474. The van der Waals surface area contributed by atoms with Crippen LogP contribution in [0.25, 0.3) is 0 Å². The average Bonchev–Trinajstić information content (AvgIpc) is 2.74. The van der Waals surface area contributed by atoms with E-state index in [0.717, 1.165) is 18.2 Å². The summed E-state index contributed by atoms with van der Waals surface area (Å²) in [6.45, 7) is 5.31. The van der Waals surface area contributed by atoms with E-state index in [4.69, 9.17) is 0 Å². The topological polar surface area (TPSA) is 29.9 Å². The summed E-state index contributed by atoms with van der Waals surface area (Å²) in [6.07, 6.45) is 6.24. The molecule has 0 aliphatic carbocycles. The smallest absolute Gasteiger partial charge is 0.207 e. The molecule has 2 rings (SSSR count). The zero-order valence-electron chi connectivity index (χ0n) is 10.5. The van der Waals surface area contributed by atoms with E-state index < -0.39 is 0 Å². The van der Waals surface area contributed by atoms with Crippen LogP contribution in [0.5, 0.6) is 0 Å². The fourth-order valence-corrected chi connectivity index (χ4v) is 1.79. The quantitative estimate of drug-likeness (QED) is 0.846. The number of benzene rings is 1.